The first kappa shape index (κ1) is 5.85. The van der Waals surface area contributed by atoms with Crippen molar-refractivity contribution < 1.29 is 0 Å². The van der Waals surface area contributed by atoms with E-state index >= 15 is 0 Å². The topological polar surface area (TPSA) is 0 Å². The summed E-state index contributed by atoms with van der Waals surface area (Å²) in [7, 11) is 0. The molecule has 0 rings (SSSR count). The van der Waals surface area contributed by atoms with Crippen molar-refractivity contribution in [1.82, 2.24) is 0 Å². The van der Waals surface area contributed by atoms with E-state index in [0.29, 0.717) is 4.37 Å². The molecule has 0 aliphatic heterocycles. The minimum absolute atomic E-state index is 0.424. The first-order valence-corrected chi connectivity index (χ1v) is 27.0. The summed E-state index contributed by atoms with van der Waals surface area (Å²) in [5, 5.41) is 0. The van der Waals surface area contributed by atoms with Gasteiger partial charge in [-0.2, -0.15) is 0 Å². The average molecular weight is 256 g/mol. The van der Waals surface area contributed by atoms with Gasteiger partial charge in [-0.15, -0.1) is 0 Å². The van der Waals surface area contributed by atoms with Crippen LogP contribution in [0.2, 0.25) is 0 Å². The Morgan fingerprint density at radius 3 is 1.00 bits per heavy atom. The second-order valence-corrected chi connectivity index (χ2v) is 140. The molecule has 0 spiro atoms. The Morgan fingerprint density at radius 2 is 1.00 bits per heavy atom. The Bertz CT molecular complexity index is 8.00. The van der Waals surface area contributed by atoms with Crippen molar-refractivity contribution in [2.45, 2.75) is 0 Å². The normalized spacial score (nSPS) is 18.0. The van der Waals surface area contributed by atoms with E-state index in [1.165, 1.54) is 47.6 Å². The molecule has 0 aliphatic carbocycles. The van der Waals surface area contributed by atoms with E-state index in [2.05, 4.69) is 0 Å². The SMILES string of the molecule is [GeH3][SiH]([GeH3])[GeH3]. The van der Waals surface area contributed by atoms with E-state index in [0.717, 1.165) is 0 Å². The zero-order chi connectivity index (χ0) is 3.58. The van der Waals surface area contributed by atoms with Crippen LogP contribution in [-0.2, 0) is 0 Å². The van der Waals surface area contributed by atoms with E-state index in [-0.39, 0.29) is 0 Å². The molecule has 0 aliphatic rings. The third kappa shape index (κ3) is 9.14. The van der Waals surface area contributed by atoms with E-state index in [1.54, 1.807) is 0 Å². The van der Waals surface area contributed by atoms with Crippen molar-refractivity contribution in [3.05, 3.63) is 0 Å². The van der Waals surface area contributed by atoms with Gasteiger partial charge in [0.1, 0.15) is 0 Å². The Morgan fingerprint density at radius 1 is 1.00 bits per heavy atom. The summed E-state index contributed by atoms with van der Waals surface area (Å²) in [6, 6.07) is 0. The number of hydrogen-bond donors (Lipinski definition) is 0. The van der Waals surface area contributed by atoms with Crippen LogP contribution >= 0.6 is 0 Å². The van der Waals surface area contributed by atoms with Crippen LogP contribution < -0.4 is 0 Å². The molecule has 4 heavy (non-hydrogen) atoms. The van der Waals surface area contributed by atoms with Crippen LogP contribution in [0.3, 0.4) is 0 Å². The van der Waals surface area contributed by atoms with Gasteiger partial charge >= 0.3 is 52.0 Å². The molecule has 0 radical (unpaired) electrons. The van der Waals surface area contributed by atoms with Crippen LogP contribution in [-0.4, -0.2) is 52.0 Å². The molecule has 0 amide bonds. The first-order chi connectivity index (χ1) is 1.73. The van der Waals surface area contributed by atoms with Gasteiger partial charge in [-0.1, -0.05) is 0 Å². The second-order valence-electron chi connectivity index (χ2n) is 1.73. The maximum atomic E-state index is 1.37. The number of hydrogen-bond acceptors (Lipinski definition) is 0. The molecule has 0 nitrogen and oxygen atoms in total. The molecular weight excluding hydrogens is 246 g/mol. The van der Waals surface area contributed by atoms with E-state index < -0.39 is 0 Å². The summed E-state index contributed by atoms with van der Waals surface area (Å²) in [4.78, 5) is 0. The molecule has 0 aromatic carbocycles. The van der Waals surface area contributed by atoms with Crippen molar-refractivity contribution in [2.24, 2.45) is 0 Å². The Labute approximate surface area is 51.6 Å². The summed E-state index contributed by atoms with van der Waals surface area (Å²) >= 11 is 4.10. The Kier molecular flexibility index (Phi) is 4.46. The molecular formula is H10Ge3Si. The van der Waals surface area contributed by atoms with Gasteiger partial charge in [0, 0.05) is 0 Å². The fourth-order valence-electron chi connectivity index (χ4n) is 0. The molecule has 26 valence electrons. The summed E-state index contributed by atoms with van der Waals surface area (Å²) in [5.74, 6) is 0. The molecule has 0 saturated carbocycles. The van der Waals surface area contributed by atoms with Gasteiger partial charge in [0.2, 0.25) is 0 Å². The molecule has 4 heteroatoms. The molecule has 0 saturated heterocycles. The molecule has 0 unspecified atom stereocenters. The third-order valence-corrected chi connectivity index (χ3v) is 0. The monoisotopic (exact) mass is 260 g/mol. The van der Waals surface area contributed by atoms with Gasteiger partial charge in [-0.05, 0) is 0 Å². The third-order valence-electron chi connectivity index (χ3n) is 0. The van der Waals surface area contributed by atoms with Gasteiger partial charge in [0.05, 0.1) is 0 Å². The fourth-order valence-corrected chi connectivity index (χ4v) is 0. The van der Waals surface area contributed by atoms with Crippen LogP contribution in [0.4, 0.5) is 0 Å². The average Bonchev–Trinajstić information content (AvgIpc) is 0.811. The van der Waals surface area contributed by atoms with Crippen molar-refractivity contribution in [2.75, 3.05) is 0 Å². The standard InChI is InChI=1S/Ge3H10Si/c1-4(2)3/h4H,1-3H3. The minimum atomic E-state index is 0.424. The van der Waals surface area contributed by atoms with Crippen LogP contribution in [0.15, 0.2) is 0 Å². The maximum absolute atomic E-state index is 1.37. The van der Waals surface area contributed by atoms with Crippen LogP contribution in [0.25, 0.3) is 0 Å². The summed E-state index contributed by atoms with van der Waals surface area (Å²) in [6.07, 6.45) is 0. The number of rotatable bonds is 0. The molecule has 0 aromatic heterocycles. The van der Waals surface area contributed by atoms with Gasteiger partial charge in [-0.3, -0.25) is 0 Å². The van der Waals surface area contributed by atoms with Gasteiger partial charge in [0.25, 0.3) is 0 Å². The van der Waals surface area contributed by atoms with E-state index in [9.17, 15) is 0 Å². The van der Waals surface area contributed by atoms with E-state index in [1.807, 2.05) is 0 Å². The van der Waals surface area contributed by atoms with Crippen molar-refractivity contribution >= 4 is 52.0 Å². The summed E-state index contributed by atoms with van der Waals surface area (Å²) in [6.45, 7) is 0. The Balaban J connectivity index is 2.32. The van der Waals surface area contributed by atoms with Crippen molar-refractivity contribution in [1.29, 1.82) is 0 Å². The zero-order valence-electron chi connectivity index (χ0n) is 3.58. The van der Waals surface area contributed by atoms with E-state index in [4.69, 9.17) is 0 Å². The van der Waals surface area contributed by atoms with Gasteiger partial charge < -0.3 is 0 Å². The van der Waals surface area contributed by atoms with Gasteiger partial charge in [0.15, 0.2) is 0 Å². The molecule has 0 aromatic rings. The van der Waals surface area contributed by atoms with Crippen LogP contribution in [0.1, 0.15) is 0 Å². The van der Waals surface area contributed by atoms with Crippen molar-refractivity contribution in [3.63, 3.8) is 0 Å². The van der Waals surface area contributed by atoms with Crippen molar-refractivity contribution in [3.8, 4) is 0 Å². The van der Waals surface area contributed by atoms with Crippen LogP contribution in [0, 0.1) is 0 Å². The van der Waals surface area contributed by atoms with Crippen LogP contribution in [0.5, 0.6) is 0 Å². The molecule has 0 heterocycles. The fraction of sp³-hybridized carbons (Fsp3) is 0. The molecule has 0 N–H and O–H groups in total. The predicted molar refractivity (Wildman–Crippen MR) is 37.0 cm³/mol. The summed E-state index contributed by atoms with van der Waals surface area (Å²) in [5.41, 5.74) is 0. The molecule has 0 bridgehead atoms. The molecule has 0 fully saturated rings. The van der Waals surface area contributed by atoms with Gasteiger partial charge in [-0.25, -0.2) is 0 Å². The summed E-state index contributed by atoms with van der Waals surface area (Å²) < 4.78 is 0.424. The second kappa shape index (κ2) is 3.05. The predicted octanol–water partition coefficient (Wildman–Crippen LogP) is -4.20. The molecule has 0 atom stereocenters. The quantitative estimate of drug-likeness (QED) is 0.386. The zero-order valence-corrected chi connectivity index (χ0v) is 17.3. The first-order valence-electron chi connectivity index (χ1n) is 1.73. The Hall–Kier alpha value is 1.85.